The van der Waals surface area contributed by atoms with Crippen LogP contribution >= 0.6 is 24.0 Å². The number of amides is 1. The van der Waals surface area contributed by atoms with Gasteiger partial charge in [0.25, 0.3) is 5.91 Å². The summed E-state index contributed by atoms with van der Waals surface area (Å²) >= 11 is 6.20. The highest BCUT2D eigenvalue weighted by Gasteiger charge is 2.39. The normalized spacial score (nSPS) is 26.2. The van der Waals surface area contributed by atoms with Crippen molar-refractivity contribution in [2.45, 2.75) is 63.1 Å². The summed E-state index contributed by atoms with van der Waals surface area (Å²) in [5.74, 6) is 0.787. The monoisotopic (exact) mass is 384 g/mol. The summed E-state index contributed by atoms with van der Waals surface area (Å²) in [6, 6.07) is 6.11. The molecule has 1 saturated carbocycles. The number of fused-ring (bicyclic) bond motifs is 2. The van der Waals surface area contributed by atoms with E-state index in [1.165, 1.54) is 12.8 Å². The van der Waals surface area contributed by atoms with Crippen molar-refractivity contribution >= 4 is 29.9 Å². The lowest BCUT2D eigenvalue weighted by atomic mass is 10.1. The first-order chi connectivity index (χ1) is 11.7. The van der Waals surface area contributed by atoms with E-state index in [-0.39, 0.29) is 24.4 Å². The lowest BCUT2D eigenvalue weighted by Crippen LogP contribution is -2.42. The molecule has 2 saturated heterocycles. The summed E-state index contributed by atoms with van der Waals surface area (Å²) in [7, 11) is 0. The first-order valence-electron chi connectivity index (χ1n) is 9.22. The third-order valence-corrected chi connectivity index (χ3v) is 5.89. The molecule has 25 heavy (non-hydrogen) atoms. The first kappa shape index (κ1) is 18.8. The minimum atomic E-state index is 0. The predicted molar refractivity (Wildman–Crippen MR) is 102 cm³/mol. The van der Waals surface area contributed by atoms with E-state index in [1.54, 1.807) is 6.07 Å². The molecule has 0 aromatic heterocycles. The average molecular weight is 385 g/mol. The van der Waals surface area contributed by atoms with E-state index in [2.05, 4.69) is 10.2 Å². The molecule has 1 N–H and O–H groups in total. The topological polar surface area (TPSA) is 41.6 Å². The van der Waals surface area contributed by atoms with Gasteiger partial charge in [-0.1, -0.05) is 11.6 Å². The number of hydrogen-bond acceptors (Lipinski definition) is 3. The quantitative estimate of drug-likeness (QED) is 0.854. The van der Waals surface area contributed by atoms with Crippen LogP contribution in [0.3, 0.4) is 0 Å². The summed E-state index contributed by atoms with van der Waals surface area (Å²) in [6.07, 6.45) is 8.04. The number of rotatable bonds is 3. The summed E-state index contributed by atoms with van der Waals surface area (Å²) in [5.41, 5.74) is 0.633. The lowest BCUT2D eigenvalue weighted by Gasteiger charge is -2.29. The fourth-order valence-corrected chi connectivity index (χ4v) is 4.58. The van der Waals surface area contributed by atoms with Gasteiger partial charge in [-0.2, -0.15) is 0 Å². The fourth-order valence-electron chi connectivity index (χ4n) is 4.41. The van der Waals surface area contributed by atoms with Crippen molar-refractivity contribution in [1.82, 2.24) is 10.2 Å². The zero-order chi connectivity index (χ0) is 16.5. The molecular formula is C19H26Cl2N2O2. The number of benzene rings is 1. The molecule has 0 radical (unpaired) electrons. The van der Waals surface area contributed by atoms with Crippen molar-refractivity contribution in [3.63, 3.8) is 0 Å². The van der Waals surface area contributed by atoms with Gasteiger partial charge in [0.05, 0.1) is 11.7 Å². The van der Waals surface area contributed by atoms with Gasteiger partial charge in [0.1, 0.15) is 5.75 Å². The molecule has 1 aromatic carbocycles. The molecule has 6 heteroatoms. The second kappa shape index (κ2) is 8.15. The highest BCUT2D eigenvalue weighted by Crippen LogP contribution is 2.34. The molecule has 2 heterocycles. The van der Waals surface area contributed by atoms with Gasteiger partial charge < -0.3 is 15.0 Å². The zero-order valence-electron chi connectivity index (χ0n) is 14.4. The number of carbonyl (C=O) groups is 1. The molecular weight excluding hydrogens is 359 g/mol. The Kier molecular flexibility index (Phi) is 6.13. The molecule has 3 aliphatic rings. The summed E-state index contributed by atoms with van der Waals surface area (Å²) in [5, 5.41) is 4.04. The van der Waals surface area contributed by atoms with E-state index in [1.807, 2.05) is 12.1 Å². The fraction of sp³-hybridized carbons (Fsp3) is 0.632. The Hall–Kier alpha value is -0.970. The number of ether oxygens (including phenoxy) is 1. The van der Waals surface area contributed by atoms with Crippen LogP contribution in [0.2, 0.25) is 5.02 Å². The van der Waals surface area contributed by atoms with Gasteiger partial charge in [0.15, 0.2) is 0 Å². The third-order valence-electron chi connectivity index (χ3n) is 5.66. The van der Waals surface area contributed by atoms with Crippen LogP contribution in [-0.4, -0.2) is 42.1 Å². The molecule has 4 nitrogen and oxygen atoms in total. The standard InChI is InChI=1S/C19H25ClN2O2.ClH/c20-13-5-8-18(24-16-3-1-2-4-16)17(11-13)19(23)22-14-6-7-15(22)12-21-10-9-14;/h5,8,11,14-16,21H,1-4,6-7,9-10,12H2;1H. The average Bonchev–Trinajstić information content (AvgIpc) is 3.15. The van der Waals surface area contributed by atoms with Crippen molar-refractivity contribution in [1.29, 1.82) is 0 Å². The van der Waals surface area contributed by atoms with Gasteiger partial charge in [0.2, 0.25) is 0 Å². The van der Waals surface area contributed by atoms with Crippen LogP contribution in [-0.2, 0) is 0 Å². The zero-order valence-corrected chi connectivity index (χ0v) is 16.0. The van der Waals surface area contributed by atoms with Gasteiger partial charge in [-0.3, -0.25) is 4.79 Å². The van der Waals surface area contributed by atoms with Gasteiger partial charge in [0, 0.05) is 23.7 Å². The van der Waals surface area contributed by atoms with Crippen LogP contribution in [0.1, 0.15) is 55.3 Å². The Morgan fingerprint density at radius 2 is 1.88 bits per heavy atom. The first-order valence-corrected chi connectivity index (χ1v) is 9.60. The summed E-state index contributed by atoms with van der Waals surface area (Å²) < 4.78 is 6.17. The maximum Gasteiger partial charge on any atom is 0.258 e. The van der Waals surface area contributed by atoms with Crippen LogP contribution in [0.5, 0.6) is 5.75 Å². The summed E-state index contributed by atoms with van der Waals surface area (Å²) in [6.45, 7) is 1.88. The lowest BCUT2D eigenvalue weighted by molar-refractivity contribution is 0.0673. The molecule has 1 aliphatic carbocycles. The molecule has 1 amide bonds. The number of hydrogen-bond donors (Lipinski definition) is 1. The number of carbonyl (C=O) groups excluding carboxylic acids is 1. The van der Waals surface area contributed by atoms with E-state index < -0.39 is 0 Å². The summed E-state index contributed by atoms with van der Waals surface area (Å²) in [4.78, 5) is 15.4. The highest BCUT2D eigenvalue weighted by atomic mass is 35.5. The molecule has 138 valence electrons. The van der Waals surface area contributed by atoms with E-state index >= 15 is 0 Å². The van der Waals surface area contributed by atoms with Crippen molar-refractivity contribution in [3.8, 4) is 5.75 Å². The molecule has 4 rings (SSSR count). The van der Waals surface area contributed by atoms with Crippen LogP contribution in [0.4, 0.5) is 0 Å². The van der Waals surface area contributed by atoms with E-state index in [0.29, 0.717) is 28.4 Å². The van der Waals surface area contributed by atoms with Crippen LogP contribution in [0.15, 0.2) is 18.2 Å². The molecule has 3 fully saturated rings. The number of halogens is 2. The predicted octanol–water partition coefficient (Wildman–Crippen LogP) is 4.05. The van der Waals surface area contributed by atoms with Gasteiger partial charge >= 0.3 is 0 Å². The Morgan fingerprint density at radius 1 is 1.12 bits per heavy atom. The second-order valence-corrected chi connectivity index (χ2v) is 7.69. The third kappa shape index (κ3) is 3.91. The molecule has 0 spiro atoms. The minimum Gasteiger partial charge on any atom is -0.490 e. The Morgan fingerprint density at radius 3 is 2.68 bits per heavy atom. The largest absolute Gasteiger partial charge is 0.490 e. The Labute approximate surface area is 160 Å². The second-order valence-electron chi connectivity index (χ2n) is 7.26. The maximum absolute atomic E-state index is 13.3. The highest BCUT2D eigenvalue weighted by molar-refractivity contribution is 6.31. The van der Waals surface area contributed by atoms with Gasteiger partial charge in [-0.15, -0.1) is 12.4 Å². The van der Waals surface area contributed by atoms with Crippen molar-refractivity contribution in [3.05, 3.63) is 28.8 Å². The molecule has 2 aliphatic heterocycles. The number of nitrogens with zero attached hydrogens (tertiary/aromatic N) is 1. The smallest absolute Gasteiger partial charge is 0.258 e. The van der Waals surface area contributed by atoms with Gasteiger partial charge in [-0.05, 0) is 69.7 Å². The number of nitrogens with one attached hydrogen (secondary N) is 1. The van der Waals surface area contributed by atoms with E-state index in [9.17, 15) is 4.79 Å². The van der Waals surface area contributed by atoms with Crippen LogP contribution in [0.25, 0.3) is 0 Å². The van der Waals surface area contributed by atoms with Crippen molar-refractivity contribution in [2.24, 2.45) is 0 Å². The van der Waals surface area contributed by atoms with Crippen LogP contribution in [0, 0.1) is 0 Å². The minimum absolute atomic E-state index is 0. The van der Waals surface area contributed by atoms with Crippen molar-refractivity contribution < 1.29 is 9.53 Å². The molecule has 2 atom stereocenters. The Balaban J connectivity index is 0.00000182. The van der Waals surface area contributed by atoms with Gasteiger partial charge in [-0.25, -0.2) is 0 Å². The Bertz CT molecular complexity index is 605. The van der Waals surface area contributed by atoms with E-state index in [0.717, 1.165) is 45.2 Å². The molecule has 2 bridgehead atoms. The molecule has 1 aromatic rings. The SMILES string of the molecule is Cl.O=C(c1cc(Cl)ccc1OC1CCCC1)N1C2CCNCC1CC2. The van der Waals surface area contributed by atoms with Crippen molar-refractivity contribution in [2.75, 3.05) is 13.1 Å². The molecule has 2 unspecified atom stereocenters. The van der Waals surface area contributed by atoms with Crippen LogP contribution < -0.4 is 10.1 Å². The van der Waals surface area contributed by atoms with E-state index in [4.69, 9.17) is 16.3 Å². The maximum atomic E-state index is 13.3.